The number of benzene rings is 2. The van der Waals surface area contributed by atoms with Gasteiger partial charge >= 0.3 is 0 Å². The van der Waals surface area contributed by atoms with E-state index in [4.69, 9.17) is 34.8 Å². The zero-order valence-corrected chi connectivity index (χ0v) is 14.0. The van der Waals surface area contributed by atoms with Crippen LogP contribution in [0, 0.1) is 0 Å². The van der Waals surface area contributed by atoms with Crippen LogP contribution in [0.15, 0.2) is 48.7 Å². The van der Waals surface area contributed by atoms with Gasteiger partial charge in [-0.25, -0.2) is 0 Å². The van der Waals surface area contributed by atoms with E-state index in [1.807, 2.05) is 30.5 Å². The van der Waals surface area contributed by atoms with Gasteiger partial charge < -0.3 is 9.88 Å². The van der Waals surface area contributed by atoms with E-state index in [0.29, 0.717) is 15.7 Å². The number of nitrogens with zero attached hydrogens (tertiary/aromatic N) is 1. The van der Waals surface area contributed by atoms with Crippen molar-refractivity contribution < 1.29 is 4.79 Å². The Labute approximate surface area is 147 Å². The fourth-order valence-corrected chi connectivity index (χ4v) is 3.98. The van der Waals surface area contributed by atoms with Crippen LogP contribution >= 0.6 is 34.8 Å². The van der Waals surface area contributed by atoms with E-state index >= 15 is 0 Å². The van der Waals surface area contributed by atoms with Gasteiger partial charge in [-0.3, -0.25) is 4.79 Å². The van der Waals surface area contributed by atoms with Gasteiger partial charge in [-0.05, 0) is 18.2 Å². The molecule has 0 spiro atoms. The minimum atomic E-state index is -0.772. The van der Waals surface area contributed by atoms with Crippen molar-refractivity contribution in [1.82, 2.24) is 4.98 Å². The second kappa shape index (κ2) is 5.45. The highest BCUT2D eigenvalue weighted by atomic mass is 35.5. The van der Waals surface area contributed by atoms with Crippen molar-refractivity contribution in [2.45, 2.75) is 11.5 Å². The summed E-state index contributed by atoms with van der Waals surface area (Å²) in [5, 5.41) is 1.93. The molecule has 1 aliphatic heterocycles. The van der Waals surface area contributed by atoms with Crippen molar-refractivity contribution in [1.29, 1.82) is 0 Å². The van der Waals surface area contributed by atoms with Gasteiger partial charge in [-0.1, -0.05) is 59.1 Å². The monoisotopic (exact) mass is 364 g/mol. The topological polar surface area (TPSA) is 36.1 Å². The number of carbonyl (C=O) groups excluding carboxylic acids is 1. The number of hydrogen-bond acceptors (Lipinski definition) is 2. The SMILES string of the molecule is O=C1[C@H](c2c[nH]c3ccccc23)N(c2c(Cl)cccc2Cl)[C@H]1Cl. The predicted octanol–water partition coefficient (Wildman–Crippen LogP) is 5.17. The highest BCUT2D eigenvalue weighted by Crippen LogP contribution is 2.48. The number of anilines is 1. The van der Waals surface area contributed by atoms with Gasteiger partial charge in [0.1, 0.15) is 6.04 Å². The number of nitrogens with one attached hydrogen (secondary N) is 1. The molecule has 6 heteroatoms. The molecule has 0 unspecified atom stereocenters. The standard InChI is InChI=1S/C17H11Cl3N2O/c18-11-5-3-6-12(19)15(11)22-14(16(23)17(22)20)10-8-21-13-7-2-1-4-9(10)13/h1-8,14,17,21H/t14-,17+/m0/s1. The number of H-pyrrole nitrogens is 1. The summed E-state index contributed by atoms with van der Waals surface area (Å²) in [4.78, 5) is 17.4. The Kier molecular flexibility index (Phi) is 3.52. The maximum Gasteiger partial charge on any atom is 0.197 e. The zero-order chi connectivity index (χ0) is 16.1. The highest BCUT2D eigenvalue weighted by Gasteiger charge is 2.49. The molecule has 1 fully saturated rings. The molecule has 1 aromatic heterocycles. The summed E-state index contributed by atoms with van der Waals surface area (Å²) in [7, 11) is 0. The number of hydrogen-bond donors (Lipinski definition) is 1. The smallest absolute Gasteiger partial charge is 0.197 e. The molecule has 23 heavy (non-hydrogen) atoms. The molecular formula is C17H11Cl3N2O. The fraction of sp³-hybridized carbons (Fsp3) is 0.118. The van der Waals surface area contributed by atoms with Gasteiger partial charge in [0.25, 0.3) is 0 Å². The van der Waals surface area contributed by atoms with Crippen LogP contribution in [0.5, 0.6) is 0 Å². The molecule has 116 valence electrons. The van der Waals surface area contributed by atoms with Crippen molar-refractivity contribution >= 4 is 57.2 Å². The van der Waals surface area contributed by atoms with Gasteiger partial charge in [0.15, 0.2) is 11.3 Å². The first-order valence-corrected chi connectivity index (χ1v) is 8.25. The van der Waals surface area contributed by atoms with E-state index in [0.717, 1.165) is 16.5 Å². The molecule has 0 amide bonds. The van der Waals surface area contributed by atoms with Crippen LogP contribution in [0.25, 0.3) is 10.9 Å². The number of fused-ring (bicyclic) bond motifs is 1. The minimum Gasteiger partial charge on any atom is -0.361 e. The quantitative estimate of drug-likeness (QED) is 0.502. The van der Waals surface area contributed by atoms with Crippen molar-refractivity contribution in [2.75, 3.05) is 4.90 Å². The Morgan fingerprint density at radius 2 is 1.70 bits per heavy atom. The predicted molar refractivity (Wildman–Crippen MR) is 94.6 cm³/mol. The lowest BCUT2D eigenvalue weighted by molar-refractivity contribution is -0.124. The molecule has 4 rings (SSSR count). The average molecular weight is 366 g/mol. The molecule has 0 bridgehead atoms. The van der Waals surface area contributed by atoms with Gasteiger partial charge in [0.05, 0.1) is 15.7 Å². The minimum absolute atomic E-state index is 0.0626. The summed E-state index contributed by atoms with van der Waals surface area (Å²) < 4.78 is 0. The molecule has 2 heterocycles. The van der Waals surface area contributed by atoms with Crippen LogP contribution in [0.3, 0.4) is 0 Å². The summed E-state index contributed by atoms with van der Waals surface area (Å²) in [5.41, 5.74) is 1.66. The van der Waals surface area contributed by atoms with Crippen molar-refractivity contribution in [2.24, 2.45) is 0 Å². The van der Waals surface area contributed by atoms with Crippen LogP contribution in [-0.4, -0.2) is 16.3 Å². The number of aromatic amines is 1. The Morgan fingerprint density at radius 3 is 2.43 bits per heavy atom. The highest BCUT2D eigenvalue weighted by molar-refractivity contribution is 6.42. The largest absolute Gasteiger partial charge is 0.361 e. The molecule has 1 aliphatic rings. The number of halogens is 3. The molecule has 0 radical (unpaired) electrons. The fourth-order valence-electron chi connectivity index (χ4n) is 3.05. The van der Waals surface area contributed by atoms with Gasteiger partial charge in [-0.15, -0.1) is 0 Å². The molecular weight excluding hydrogens is 355 g/mol. The van der Waals surface area contributed by atoms with E-state index < -0.39 is 11.5 Å². The number of alkyl halides is 1. The maximum atomic E-state index is 12.4. The average Bonchev–Trinajstić information content (AvgIpc) is 2.97. The summed E-state index contributed by atoms with van der Waals surface area (Å²) in [6.45, 7) is 0. The Bertz CT molecular complexity index is 901. The lowest BCUT2D eigenvalue weighted by atomic mass is 9.91. The Morgan fingerprint density at radius 1 is 1.00 bits per heavy atom. The Hall–Kier alpha value is -1.68. The molecule has 0 saturated carbocycles. The zero-order valence-electron chi connectivity index (χ0n) is 11.8. The van der Waals surface area contributed by atoms with Crippen LogP contribution in [0.2, 0.25) is 10.0 Å². The van der Waals surface area contributed by atoms with E-state index in [1.54, 1.807) is 23.1 Å². The number of rotatable bonds is 2. The summed E-state index contributed by atoms with van der Waals surface area (Å²) in [6.07, 6.45) is 1.84. The number of carbonyl (C=O) groups is 1. The van der Waals surface area contributed by atoms with Crippen molar-refractivity contribution in [3.8, 4) is 0 Å². The van der Waals surface area contributed by atoms with Gasteiger partial charge in [0.2, 0.25) is 0 Å². The summed E-state index contributed by atoms with van der Waals surface area (Å²) in [5.74, 6) is -0.0626. The third-order valence-electron chi connectivity index (χ3n) is 4.14. The second-order valence-electron chi connectivity index (χ2n) is 5.41. The van der Waals surface area contributed by atoms with Crippen LogP contribution in [0.4, 0.5) is 5.69 Å². The first-order chi connectivity index (χ1) is 11.1. The number of para-hydroxylation sites is 2. The molecule has 2 atom stereocenters. The van der Waals surface area contributed by atoms with E-state index in [1.165, 1.54) is 0 Å². The lowest BCUT2D eigenvalue weighted by Crippen LogP contribution is -2.56. The molecule has 1 saturated heterocycles. The third-order valence-corrected chi connectivity index (χ3v) is 5.17. The number of aromatic nitrogens is 1. The van der Waals surface area contributed by atoms with E-state index in [-0.39, 0.29) is 5.78 Å². The normalized spacial score (nSPS) is 20.8. The van der Waals surface area contributed by atoms with Gasteiger partial charge in [-0.2, -0.15) is 0 Å². The van der Waals surface area contributed by atoms with Crippen LogP contribution in [0.1, 0.15) is 11.6 Å². The lowest BCUT2D eigenvalue weighted by Gasteiger charge is -2.45. The van der Waals surface area contributed by atoms with Gasteiger partial charge in [0, 0.05) is 22.7 Å². The van der Waals surface area contributed by atoms with Crippen LogP contribution < -0.4 is 4.90 Å². The first kappa shape index (κ1) is 14.9. The first-order valence-electron chi connectivity index (χ1n) is 7.06. The maximum absolute atomic E-state index is 12.4. The molecule has 1 N–H and O–H groups in total. The van der Waals surface area contributed by atoms with Crippen LogP contribution in [-0.2, 0) is 4.79 Å². The van der Waals surface area contributed by atoms with Crippen molar-refractivity contribution in [3.63, 3.8) is 0 Å². The summed E-state index contributed by atoms with van der Waals surface area (Å²) in [6, 6.07) is 12.6. The molecule has 0 aliphatic carbocycles. The number of ketones is 1. The van der Waals surface area contributed by atoms with Crippen molar-refractivity contribution in [3.05, 3.63) is 64.3 Å². The van der Waals surface area contributed by atoms with E-state index in [9.17, 15) is 4.79 Å². The summed E-state index contributed by atoms with van der Waals surface area (Å²) >= 11 is 18.8. The molecule has 3 aromatic rings. The third kappa shape index (κ3) is 2.15. The molecule has 2 aromatic carbocycles. The number of Topliss-reactive ketones (excluding diaryl/α,β-unsaturated/α-hetero) is 1. The Balaban J connectivity index is 1.86. The van der Waals surface area contributed by atoms with E-state index in [2.05, 4.69) is 4.98 Å². The molecule has 3 nitrogen and oxygen atoms in total. The second-order valence-corrected chi connectivity index (χ2v) is 6.64.